The fourth-order valence-electron chi connectivity index (χ4n) is 8.27. The van der Waals surface area contributed by atoms with Gasteiger partial charge in [-0.3, -0.25) is 9.59 Å². The Balaban J connectivity index is 1.43. The molecule has 2 nitrogen and oxygen atoms in total. The van der Waals surface area contributed by atoms with E-state index in [4.69, 9.17) is 0 Å². The molecular weight excluding hydrogens is 801 g/mol. The number of benzene rings is 8. The van der Waals surface area contributed by atoms with Crippen LogP contribution in [0.5, 0.6) is 0 Å². The van der Waals surface area contributed by atoms with E-state index < -0.39 is 10.9 Å². The van der Waals surface area contributed by atoms with Crippen LogP contribution in [0.4, 0.5) is 0 Å². The first-order valence-corrected chi connectivity index (χ1v) is 22.8. The molecule has 0 spiro atoms. The van der Waals surface area contributed by atoms with Crippen LogP contribution in [0, 0.1) is 47.4 Å². The van der Waals surface area contributed by atoms with E-state index >= 15 is 0 Å². The van der Waals surface area contributed by atoms with Gasteiger partial charge in [-0.1, -0.05) is 179 Å². The lowest BCUT2D eigenvalue weighted by atomic mass is 9.85. The van der Waals surface area contributed by atoms with Crippen molar-refractivity contribution in [3.8, 4) is 47.4 Å². The summed E-state index contributed by atoms with van der Waals surface area (Å²) in [6.07, 6.45) is 0. The molecule has 0 N–H and O–H groups in total. The van der Waals surface area contributed by atoms with Crippen molar-refractivity contribution >= 4 is 32.3 Å². The van der Waals surface area contributed by atoms with Gasteiger partial charge in [0.15, 0.2) is 0 Å². The zero-order valence-corrected chi connectivity index (χ0v) is 40.4. The van der Waals surface area contributed by atoms with Crippen LogP contribution in [0.25, 0.3) is 32.3 Å². The quantitative estimate of drug-likeness (QED) is 0.0865. The molecule has 66 heavy (non-hydrogen) atoms. The van der Waals surface area contributed by atoms with E-state index in [-0.39, 0.29) is 21.7 Å². The molecule has 0 bridgehead atoms. The summed E-state index contributed by atoms with van der Waals surface area (Å²) in [5.41, 5.74) is 9.62. The van der Waals surface area contributed by atoms with Gasteiger partial charge >= 0.3 is 0 Å². The minimum absolute atomic E-state index is 0.00967. The lowest BCUT2D eigenvalue weighted by molar-refractivity contribution is 0.590. The minimum atomic E-state index is -0.579. The van der Waals surface area contributed by atoms with Gasteiger partial charge in [-0.2, -0.15) is 0 Å². The Morgan fingerprint density at radius 2 is 0.485 bits per heavy atom. The van der Waals surface area contributed by atoms with Gasteiger partial charge in [-0.05, 0) is 117 Å². The second-order valence-corrected chi connectivity index (χ2v) is 21.6. The molecule has 0 atom stereocenters. The summed E-state index contributed by atoms with van der Waals surface area (Å²) in [7, 11) is 0. The third-order valence-electron chi connectivity index (χ3n) is 12.4. The second kappa shape index (κ2) is 16.9. The van der Waals surface area contributed by atoms with E-state index in [9.17, 15) is 9.59 Å². The molecule has 0 aliphatic heterocycles. The van der Waals surface area contributed by atoms with Gasteiger partial charge in [0, 0.05) is 76.8 Å². The highest BCUT2D eigenvalue weighted by molar-refractivity contribution is 6.26. The molecule has 0 aliphatic carbocycles. The molecule has 8 aromatic carbocycles. The van der Waals surface area contributed by atoms with Crippen LogP contribution in [0.2, 0.25) is 0 Å². The Bertz CT molecular complexity index is 3310. The Kier molecular flexibility index (Phi) is 11.6. The van der Waals surface area contributed by atoms with Crippen LogP contribution in [0.3, 0.4) is 0 Å². The molecule has 0 saturated heterocycles. The topological polar surface area (TPSA) is 34.1 Å². The maximum absolute atomic E-state index is 14.4. The number of hydrogen-bond donors (Lipinski definition) is 0. The molecule has 0 saturated carbocycles. The third kappa shape index (κ3) is 9.39. The highest BCUT2D eigenvalue weighted by atomic mass is 16.2. The van der Waals surface area contributed by atoms with Gasteiger partial charge < -0.3 is 0 Å². The van der Waals surface area contributed by atoms with Gasteiger partial charge in [0.1, 0.15) is 0 Å². The van der Waals surface area contributed by atoms with Crippen LogP contribution < -0.4 is 10.9 Å². The fourth-order valence-corrected chi connectivity index (χ4v) is 8.27. The first-order valence-electron chi connectivity index (χ1n) is 22.8. The molecular formula is C64H56O2. The number of hydrogen-bond acceptors (Lipinski definition) is 2. The highest BCUT2D eigenvalue weighted by Gasteiger charge is 2.23. The minimum Gasteiger partial charge on any atom is -0.285 e. The summed E-state index contributed by atoms with van der Waals surface area (Å²) in [6.45, 7) is 26.3. The van der Waals surface area contributed by atoms with Crippen LogP contribution in [-0.4, -0.2) is 0 Å². The Labute approximate surface area is 391 Å². The van der Waals surface area contributed by atoms with Crippen LogP contribution in [-0.2, 0) is 21.7 Å². The average Bonchev–Trinajstić information content (AvgIpc) is 3.26. The summed E-state index contributed by atoms with van der Waals surface area (Å²) in [5, 5.41) is 3.42. The van der Waals surface area contributed by atoms with Crippen molar-refractivity contribution in [2.45, 2.75) is 105 Å². The van der Waals surface area contributed by atoms with Gasteiger partial charge in [-0.25, -0.2) is 0 Å². The maximum atomic E-state index is 14.4. The van der Waals surface area contributed by atoms with Gasteiger partial charge in [0.2, 0.25) is 10.9 Å². The summed E-state index contributed by atoms with van der Waals surface area (Å²) in [6, 6.07) is 40.8. The van der Waals surface area contributed by atoms with Gasteiger partial charge in [-0.15, -0.1) is 0 Å². The van der Waals surface area contributed by atoms with Crippen LogP contribution >= 0.6 is 0 Å². The van der Waals surface area contributed by atoms with E-state index in [0.717, 1.165) is 33.0 Å². The lowest BCUT2D eigenvalue weighted by Gasteiger charge is -2.18. The fraction of sp³-hybridized carbons (Fsp3) is 0.250. The summed E-state index contributed by atoms with van der Waals surface area (Å²) >= 11 is 0. The normalized spacial score (nSPS) is 11.9. The predicted octanol–water partition coefficient (Wildman–Crippen LogP) is 13.5. The third-order valence-corrected chi connectivity index (χ3v) is 12.4. The lowest BCUT2D eigenvalue weighted by Crippen LogP contribution is -2.24. The molecule has 8 rings (SSSR count). The Morgan fingerprint density at radius 1 is 0.273 bits per heavy atom. The largest absolute Gasteiger partial charge is 0.285 e. The van der Waals surface area contributed by atoms with Crippen LogP contribution in [0.1, 0.15) is 150 Å². The van der Waals surface area contributed by atoms with Crippen molar-refractivity contribution in [1.29, 1.82) is 0 Å². The summed E-state index contributed by atoms with van der Waals surface area (Å²) in [4.78, 5) is 28.8. The van der Waals surface area contributed by atoms with Crippen molar-refractivity contribution in [2.24, 2.45) is 0 Å². The van der Waals surface area contributed by atoms with Crippen molar-refractivity contribution in [3.63, 3.8) is 0 Å². The maximum Gasteiger partial charge on any atom is 0.234 e. The molecule has 0 heterocycles. The average molecular weight is 857 g/mol. The smallest absolute Gasteiger partial charge is 0.234 e. The molecule has 324 valence electrons. The molecule has 0 amide bonds. The molecule has 0 aliphatic rings. The molecule has 0 unspecified atom stereocenters. The number of rotatable bonds is 0. The summed E-state index contributed by atoms with van der Waals surface area (Å²) < 4.78 is 0. The SMILES string of the molecule is CC(C)(C)c1ccc(C#Cc2cc3c(C#Cc4ccc(C(C)(C)C)cc4)c(C#Cc4ccc(C(C)(C)C)cc4)c4cc(C#Cc5ccc(C(C)(C)C)cc5)cc5c(=O)c(=O)c(c2)c3c45)cc1. The zero-order valence-electron chi connectivity index (χ0n) is 40.4. The zero-order chi connectivity index (χ0) is 47.3. The van der Waals surface area contributed by atoms with Gasteiger partial charge in [0.25, 0.3) is 0 Å². The van der Waals surface area contributed by atoms with Crippen molar-refractivity contribution in [2.75, 3.05) is 0 Å². The predicted molar refractivity (Wildman–Crippen MR) is 278 cm³/mol. The van der Waals surface area contributed by atoms with Crippen molar-refractivity contribution in [3.05, 3.63) is 209 Å². The highest BCUT2D eigenvalue weighted by Crippen LogP contribution is 2.38. The van der Waals surface area contributed by atoms with E-state index in [1.54, 1.807) is 12.1 Å². The van der Waals surface area contributed by atoms with Crippen LogP contribution in [0.15, 0.2) is 131 Å². The molecule has 0 radical (unpaired) electrons. The van der Waals surface area contributed by atoms with E-state index in [1.807, 2.05) is 36.4 Å². The Morgan fingerprint density at radius 3 is 0.727 bits per heavy atom. The van der Waals surface area contributed by atoms with E-state index in [0.29, 0.717) is 43.8 Å². The van der Waals surface area contributed by atoms with E-state index in [2.05, 4.69) is 203 Å². The first kappa shape index (κ1) is 45.2. The molecule has 2 heteroatoms. The molecule has 0 fully saturated rings. The molecule has 8 aromatic rings. The first-order chi connectivity index (χ1) is 31.0. The van der Waals surface area contributed by atoms with Crippen molar-refractivity contribution in [1.82, 2.24) is 0 Å². The van der Waals surface area contributed by atoms with Gasteiger partial charge in [0.05, 0.1) is 0 Å². The monoisotopic (exact) mass is 856 g/mol. The summed E-state index contributed by atoms with van der Waals surface area (Å²) in [5.74, 6) is 27.4. The van der Waals surface area contributed by atoms with E-state index in [1.165, 1.54) is 22.3 Å². The van der Waals surface area contributed by atoms with Crippen molar-refractivity contribution < 1.29 is 0 Å². The molecule has 0 aromatic heterocycles. The Hall–Kier alpha value is -7.36. The standard InChI is InChI=1S/C64H56O2/c1-61(2,3)47-27-17-41(18-28-47)13-15-45-37-53-51(35-25-43-21-31-49(32-22-43)63(7,8)9)52(36-26-44-23-33-50(34-24-44)64(10,11)12)54-38-46(16-14-42-19-29-48(30-20-42)62(4,5)6)40-56-58(54)57(53)55(39-45)59(65)60(56)66/h17-24,27-34,37-40H,1-12H3. The second-order valence-electron chi connectivity index (χ2n) is 21.6.